The van der Waals surface area contributed by atoms with Gasteiger partial charge < -0.3 is 5.32 Å². The van der Waals surface area contributed by atoms with Gasteiger partial charge >= 0.3 is 0 Å². The molecule has 2 fully saturated rings. The van der Waals surface area contributed by atoms with Crippen LogP contribution in [0.25, 0.3) is 0 Å². The molecule has 3 rings (SSSR count). The molecule has 1 aromatic carbocycles. The van der Waals surface area contributed by atoms with Crippen LogP contribution in [0.1, 0.15) is 63.4 Å². The van der Waals surface area contributed by atoms with Crippen molar-refractivity contribution < 1.29 is 4.79 Å². The number of nitrogens with one attached hydrogen (secondary N) is 1. The Balaban J connectivity index is 1.72. The van der Waals surface area contributed by atoms with Gasteiger partial charge in [0.05, 0.1) is 5.41 Å². The Bertz CT molecular complexity index is 484. The monoisotopic (exact) mass is 305 g/mol. The van der Waals surface area contributed by atoms with Gasteiger partial charge in [-0.2, -0.15) is 0 Å². The van der Waals surface area contributed by atoms with Crippen molar-refractivity contribution in [2.24, 2.45) is 0 Å². The fraction of sp³-hybridized carbons (Fsp3) is 0.611. The molecule has 0 saturated heterocycles. The van der Waals surface area contributed by atoms with E-state index in [-0.39, 0.29) is 11.3 Å². The maximum absolute atomic E-state index is 12.9. The van der Waals surface area contributed by atoms with Crippen molar-refractivity contribution in [1.29, 1.82) is 0 Å². The van der Waals surface area contributed by atoms with Gasteiger partial charge in [-0.1, -0.05) is 55.8 Å². The second kappa shape index (κ2) is 6.39. The molecule has 1 amide bonds. The van der Waals surface area contributed by atoms with Gasteiger partial charge in [-0.25, -0.2) is 0 Å². The predicted octanol–water partition coefficient (Wildman–Crippen LogP) is 4.60. The van der Waals surface area contributed by atoms with Crippen LogP contribution in [0.4, 0.5) is 0 Å². The molecular formula is C18H24ClNO. The average molecular weight is 306 g/mol. The van der Waals surface area contributed by atoms with E-state index in [1.165, 1.54) is 25.7 Å². The Hall–Kier alpha value is -1.02. The smallest absolute Gasteiger partial charge is 0.230 e. The van der Waals surface area contributed by atoms with Gasteiger partial charge in [0.25, 0.3) is 0 Å². The van der Waals surface area contributed by atoms with E-state index in [1.807, 2.05) is 24.3 Å². The first-order valence-electron chi connectivity index (χ1n) is 8.28. The average Bonchev–Trinajstić information content (AvgIpc) is 2.68. The van der Waals surface area contributed by atoms with Crippen LogP contribution in [0.3, 0.4) is 0 Å². The molecule has 3 heteroatoms. The number of benzene rings is 1. The van der Waals surface area contributed by atoms with Crippen LogP contribution in [-0.2, 0) is 10.2 Å². The van der Waals surface area contributed by atoms with Crippen molar-refractivity contribution in [2.75, 3.05) is 0 Å². The van der Waals surface area contributed by atoms with Crippen molar-refractivity contribution in [3.05, 3.63) is 34.9 Å². The van der Waals surface area contributed by atoms with Gasteiger partial charge in [0.1, 0.15) is 0 Å². The second-order valence-electron chi connectivity index (χ2n) is 6.60. The molecule has 2 aliphatic rings. The summed E-state index contributed by atoms with van der Waals surface area (Å²) in [6, 6.07) is 8.22. The lowest BCUT2D eigenvalue weighted by molar-refractivity contribution is -0.130. The van der Waals surface area contributed by atoms with E-state index in [9.17, 15) is 4.79 Å². The van der Waals surface area contributed by atoms with Crippen LogP contribution >= 0.6 is 11.6 Å². The Kier molecular flexibility index (Phi) is 4.54. The molecule has 2 aliphatic carbocycles. The van der Waals surface area contributed by atoms with E-state index in [0.29, 0.717) is 6.04 Å². The standard InChI is InChI=1S/C18H24ClNO/c19-15-10-8-14(9-11-15)18(12-5-13-18)17(21)20-16-6-3-1-2-4-7-16/h8-11,16H,1-7,12-13H2,(H,20,21). The summed E-state index contributed by atoms with van der Waals surface area (Å²) in [5, 5.41) is 4.08. The molecular weight excluding hydrogens is 282 g/mol. The Labute approximate surface area is 132 Å². The summed E-state index contributed by atoms with van der Waals surface area (Å²) in [5.41, 5.74) is 0.834. The van der Waals surface area contributed by atoms with Crippen molar-refractivity contribution in [1.82, 2.24) is 5.32 Å². The molecule has 0 aliphatic heterocycles. The molecule has 2 nitrogen and oxygen atoms in total. The summed E-state index contributed by atoms with van der Waals surface area (Å²) < 4.78 is 0. The lowest BCUT2D eigenvalue weighted by Crippen LogP contribution is -2.52. The molecule has 0 bridgehead atoms. The van der Waals surface area contributed by atoms with E-state index in [1.54, 1.807) is 0 Å². The van der Waals surface area contributed by atoms with Crippen LogP contribution in [0.2, 0.25) is 5.02 Å². The first-order valence-corrected chi connectivity index (χ1v) is 8.65. The largest absolute Gasteiger partial charge is 0.353 e. The number of amides is 1. The van der Waals surface area contributed by atoms with Gasteiger partial charge in [-0.15, -0.1) is 0 Å². The van der Waals surface area contributed by atoms with Crippen molar-refractivity contribution in [3.63, 3.8) is 0 Å². The van der Waals surface area contributed by atoms with Crippen LogP contribution in [0.15, 0.2) is 24.3 Å². The third-order valence-corrected chi connectivity index (χ3v) is 5.48. The highest BCUT2D eigenvalue weighted by atomic mass is 35.5. The van der Waals surface area contributed by atoms with Crippen molar-refractivity contribution in [2.45, 2.75) is 69.2 Å². The van der Waals surface area contributed by atoms with Crippen LogP contribution in [-0.4, -0.2) is 11.9 Å². The van der Waals surface area contributed by atoms with Gasteiger partial charge in [-0.05, 0) is 43.4 Å². The van der Waals surface area contributed by atoms with Gasteiger partial charge in [0, 0.05) is 11.1 Å². The minimum Gasteiger partial charge on any atom is -0.353 e. The van der Waals surface area contributed by atoms with Gasteiger partial charge in [0.15, 0.2) is 0 Å². The number of hydrogen-bond donors (Lipinski definition) is 1. The topological polar surface area (TPSA) is 29.1 Å². The molecule has 1 aromatic rings. The highest BCUT2D eigenvalue weighted by Crippen LogP contribution is 2.44. The Morgan fingerprint density at radius 1 is 1.00 bits per heavy atom. The fourth-order valence-electron chi connectivity index (χ4n) is 3.69. The minimum atomic E-state index is -0.295. The Morgan fingerprint density at radius 3 is 2.14 bits per heavy atom. The SMILES string of the molecule is O=C(NC1CCCCCC1)C1(c2ccc(Cl)cc2)CCC1. The first-order chi connectivity index (χ1) is 10.2. The van der Waals surface area contributed by atoms with Crippen LogP contribution < -0.4 is 5.32 Å². The van der Waals surface area contributed by atoms with Crippen LogP contribution in [0.5, 0.6) is 0 Å². The third-order valence-electron chi connectivity index (χ3n) is 5.23. The summed E-state index contributed by atoms with van der Waals surface area (Å²) in [5.74, 6) is 0.239. The molecule has 21 heavy (non-hydrogen) atoms. The van der Waals surface area contributed by atoms with Crippen molar-refractivity contribution >= 4 is 17.5 Å². The fourth-order valence-corrected chi connectivity index (χ4v) is 3.82. The third kappa shape index (κ3) is 3.11. The molecule has 0 aromatic heterocycles. The molecule has 0 unspecified atom stereocenters. The number of carbonyl (C=O) groups excluding carboxylic acids is 1. The zero-order chi connectivity index (χ0) is 14.7. The van der Waals surface area contributed by atoms with E-state index in [0.717, 1.165) is 42.7 Å². The number of rotatable bonds is 3. The molecule has 0 atom stereocenters. The minimum absolute atomic E-state index is 0.239. The summed E-state index contributed by atoms with van der Waals surface area (Å²) >= 11 is 5.98. The molecule has 114 valence electrons. The van der Waals surface area contributed by atoms with Crippen LogP contribution in [0, 0.1) is 0 Å². The van der Waals surface area contributed by atoms with Gasteiger partial charge in [0.2, 0.25) is 5.91 Å². The lowest BCUT2D eigenvalue weighted by Gasteiger charge is -2.41. The van der Waals surface area contributed by atoms with E-state index >= 15 is 0 Å². The number of hydrogen-bond acceptors (Lipinski definition) is 1. The highest BCUT2D eigenvalue weighted by molar-refractivity contribution is 6.30. The normalized spacial score (nSPS) is 22.1. The zero-order valence-corrected chi connectivity index (χ0v) is 13.3. The predicted molar refractivity (Wildman–Crippen MR) is 86.6 cm³/mol. The first kappa shape index (κ1) is 14.9. The zero-order valence-electron chi connectivity index (χ0n) is 12.5. The van der Waals surface area contributed by atoms with E-state index in [2.05, 4.69) is 5.32 Å². The van der Waals surface area contributed by atoms with E-state index in [4.69, 9.17) is 11.6 Å². The highest BCUT2D eigenvalue weighted by Gasteiger charge is 2.45. The van der Waals surface area contributed by atoms with Crippen molar-refractivity contribution in [3.8, 4) is 0 Å². The van der Waals surface area contributed by atoms with Gasteiger partial charge in [-0.3, -0.25) is 4.79 Å². The molecule has 0 heterocycles. The maximum atomic E-state index is 12.9. The second-order valence-corrected chi connectivity index (χ2v) is 7.04. The Morgan fingerprint density at radius 2 is 1.62 bits per heavy atom. The lowest BCUT2D eigenvalue weighted by atomic mass is 9.63. The summed E-state index contributed by atoms with van der Waals surface area (Å²) in [4.78, 5) is 12.9. The molecule has 0 radical (unpaired) electrons. The summed E-state index contributed by atoms with van der Waals surface area (Å²) in [7, 11) is 0. The molecule has 0 spiro atoms. The number of carbonyl (C=O) groups is 1. The summed E-state index contributed by atoms with van der Waals surface area (Å²) in [6.07, 6.45) is 10.5. The summed E-state index contributed by atoms with van der Waals surface area (Å²) in [6.45, 7) is 0. The maximum Gasteiger partial charge on any atom is 0.230 e. The number of halogens is 1. The molecule has 2 saturated carbocycles. The van der Waals surface area contributed by atoms with E-state index < -0.39 is 0 Å². The molecule has 1 N–H and O–H groups in total. The quantitative estimate of drug-likeness (QED) is 0.812.